The Morgan fingerprint density at radius 3 is 2.43 bits per heavy atom. The number of anilines is 1. The smallest absolute Gasteiger partial charge is 0.240 e. The summed E-state index contributed by atoms with van der Waals surface area (Å²) in [6.45, 7) is 8.02. The molecule has 0 unspecified atom stereocenters. The third-order valence-corrected chi connectivity index (χ3v) is 4.98. The average Bonchev–Trinajstić information content (AvgIpc) is 3.03. The second kappa shape index (κ2) is 8.30. The molecule has 0 saturated heterocycles. The summed E-state index contributed by atoms with van der Waals surface area (Å²) in [5.74, 6) is -0.295. The van der Waals surface area contributed by atoms with Crippen LogP contribution < -0.4 is 10.2 Å². The third-order valence-electron chi connectivity index (χ3n) is 4.98. The number of para-hydroxylation sites is 1. The molecule has 0 saturated carbocycles. The number of rotatable bonds is 6. The van der Waals surface area contributed by atoms with E-state index in [9.17, 15) is 9.59 Å². The lowest BCUT2D eigenvalue weighted by molar-refractivity contribution is -0.123. The molecule has 2 N–H and O–H groups in total. The Bertz CT molecular complexity index is 997. The molecule has 146 valence electrons. The van der Waals surface area contributed by atoms with E-state index < -0.39 is 0 Å². The van der Waals surface area contributed by atoms with Crippen molar-refractivity contribution in [3.8, 4) is 0 Å². The van der Waals surface area contributed by atoms with E-state index in [1.807, 2.05) is 57.3 Å². The third kappa shape index (κ3) is 4.25. The van der Waals surface area contributed by atoms with Gasteiger partial charge in [-0.3, -0.25) is 9.59 Å². The number of carbonyl (C=O) groups is 2. The number of hydrogen-bond donors (Lipinski definition) is 2. The molecular formula is C23H27N3O2. The highest BCUT2D eigenvalue weighted by Gasteiger charge is 2.19. The van der Waals surface area contributed by atoms with Crippen LogP contribution in [0.1, 0.15) is 29.2 Å². The van der Waals surface area contributed by atoms with E-state index in [1.165, 1.54) is 17.9 Å². The highest BCUT2D eigenvalue weighted by Crippen LogP contribution is 2.26. The normalized spacial score (nSPS) is 10.9. The van der Waals surface area contributed by atoms with Gasteiger partial charge in [0.1, 0.15) is 6.54 Å². The standard InChI is InChI=1S/C23H27N3O2/c1-15-11-16(2)23(17(3)12-15)26(18(4)27)14-22(28)24-10-9-19-13-25-21-8-6-5-7-20(19)21/h5-8,11-13,25H,9-10,14H2,1-4H3,(H,24,28). The maximum absolute atomic E-state index is 12.5. The number of aromatic nitrogens is 1. The zero-order chi connectivity index (χ0) is 20.3. The van der Waals surface area contributed by atoms with Gasteiger partial charge < -0.3 is 15.2 Å². The number of amides is 2. The molecule has 3 rings (SSSR count). The van der Waals surface area contributed by atoms with Gasteiger partial charge in [-0.2, -0.15) is 0 Å². The van der Waals surface area contributed by atoms with Crippen LogP contribution in [0.3, 0.4) is 0 Å². The fraction of sp³-hybridized carbons (Fsp3) is 0.304. The Kier molecular flexibility index (Phi) is 5.83. The van der Waals surface area contributed by atoms with Crippen molar-refractivity contribution in [2.75, 3.05) is 18.0 Å². The molecule has 5 nitrogen and oxygen atoms in total. The molecule has 0 radical (unpaired) electrons. The molecule has 2 aromatic carbocycles. The summed E-state index contributed by atoms with van der Waals surface area (Å²) in [5, 5.41) is 4.12. The summed E-state index contributed by atoms with van der Waals surface area (Å²) in [5.41, 5.74) is 6.23. The van der Waals surface area contributed by atoms with E-state index in [2.05, 4.69) is 16.4 Å². The van der Waals surface area contributed by atoms with E-state index in [1.54, 1.807) is 4.90 Å². The number of carbonyl (C=O) groups excluding carboxylic acids is 2. The molecule has 0 aliphatic carbocycles. The number of benzene rings is 2. The molecule has 28 heavy (non-hydrogen) atoms. The highest BCUT2D eigenvalue weighted by molar-refractivity contribution is 5.98. The van der Waals surface area contributed by atoms with Gasteiger partial charge in [0.2, 0.25) is 11.8 Å². The van der Waals surface area contributed by atoms with Crippen LogP contribution in [0.25, 0.3) is 10.9 Å². The monoisotopic (exact) mass is 377 g/mol. The Morgan fingerprint density at radius 2 is 1.75 bits per heavy atom. The summed E-state index contributed by atoms with van der Waals surface area (Å²) in [6.07, 6.45) is 2.72. The summed E-state index contributed by atoms with van der Waals surface area (Å²) in [4.78, 5) is 29.5. The number of aryl methyl sites for hydroxylation is 3. The summed E-state index contributed by atoms with van der Waals surface area (Å²) in [6, 6.07) is 12.2. The summed E-state index contributed by atoms with van der Waals surface area (Å²) >= 11 is 0. The van der Waals surface area contributed by atoms with Gasteiger partial charge in [-0.05, 0) is 49.9 Å². The van der Waals surface area contributed by atoms with E-state index >= 15 is 0 Å². The zero-order valence-electron chi connectivity index (χ0n) is 16.9. The predicted molar refractivity (Wildman–Crippen MR) is 114 cm³/mol. The second-order valence-electron chi connectivity index (χ2n) is 7.31. The largest absolute Gasteiger partial charge is 0.361 e. The molecule has 5 heteroatoms. The van der Waals surface area contributed by atoms with Crippen LogP contribution in [0, 0.1) is 20.8 Å². The van der Waals surface area contributed by atoms with E-state index in [4.69, 9.17) is 0 Å². The minimum Gasteiger partial charge on any atom is -0.361 e. The molecular weight excluding hydrogens is 350 g/mol. The molecule has 0 fully saturated rings. The highest BCUT2D eigenvalue weighted by atomic mass is 16.2. The quantitative estimate of drug-likeness (QED) is 0.686. The van der Waals surface area contributed by atoms with E-state index in [0.717, 1.165) is 34.3 Å². The van der Waals surface area contributed by atoms with Crippen LogP contribution in [0.15, 0.2) is 42.6 Å². The van der Waals surface area contributed by atoms with Crippen LogP contribution in [0.4, 0.5) is 5.69 Å². The van der Waals surface area contributed by atoms with Crippen molar-refractivity contribution >= 4 is 28.4 Å². The van der Waals surface area contributed by atoms with Crippen molar-refractivity contribution in [2.45, 2.75) is 34.1 Å². The number of aromatic amines is 1. The first-order chi connectivity index (χ1) is 13.4. The molecule has 0 bridgehead atoms. The minimum atomic E-state index is -0.158. The van der Waals surface area contributed by atoms with Crippen LogP contribution >= 0.6 is 0 Å². The molecule has 2 amide bonds. The zero-order valence-corrected chi connectivity index (χ0v) is 16.9. The maximum Gasteiger partial charge on any atom is 0.240 e. The van der Waals surface area contributed by atoms with Gasteiger partial charge in [0.15, 0.2) is 0 Å². The lowest BCUT2D eigenvalue weighted by atomic mass is 10.0. The number of H-pyrrole nitrogens is 1. The van der Waals surface area contributed by atoms with Gasteiger partial charge in [0.25, 0.3) is 0 Å². The van der Waals surface area contributed by atoms with Gasteiger partial charge in [-0.1, -0.05) is 35.9 Å². The lowest BCUT2D eigenvalue weighted by Gasteiger charge is -2.25. The van der Waals surface area contributed by atoms with Crippen LogP contribution in [-0.4, -0.2) is 29.9 Å². The maximum atomic E-state index is 12.5. The lowest BCUT2D eigenvalue weighted by Crippen LogP contribution is -2.41. The minimum absolute atomic E-state index is 0.0218. The van der Waals surface area contributed by atoms with Crippen molar-refractivity contribution in [3.63, 3.8) is 0 Å². The van der Waals surface area contributed by atoms with Crippen LogP contribution in [0.5, 0.6) is 0 Å². The summed E-state index contributed by atoms with van der Waals surface area (Å²) < 4.78 is 0. The number of hydrogen-bond acceptors (Lipinski definition) is 2. The van der Waals surface area contributed by atoms with Crippen LogP contribution in [0.2, 0.25) is 0 Å². The van der Waals surface area contributed by atoms with Gasteiger partial charge in [-0.15, -0.1) is 0 Å². The number of fused-ring (bicyclic) bond motifs is 1. The SMILES string of the molecule is CC(=O)N(CC(=O)NCCc1c[nH]c2ccccc12)c1c(C)cc(C)cc1C. The fourth-order valence-corrected chi connectivity index (χ4v) is 3.82. The Morgan fingerprint density at radius 1 is 1.07 bits per heavy atom. The van der Waals surface area contributed by atoms with Crippen molar-refractivity contribution in [1.29, 1.82) is 0 Å². The second-order valence-corrected chi connectivity index (χ2v) is 7.31. The first kappa shape index (κ1) is 19.7. The van der Waals surface area contributed by atoms with Crippen LogP contribution in [-0.2, 0) is 16.0 Å². The average molecular weight is 377 g/mol. The van der Waals surface area contributed by atoms with Gasteiger partial charge in [0.05, 0.1) is 5.69 Å². The molecule has 0 spiro atoms. The van der Waals surface area contributed by atoms with Crippen molar-refractivity contribution in [1.82, 2.24) is 10.3 Å². The van der Waals surface area contributed by atoms with Gasteiger partial charge in [0, 0.05) is 30.6 Å². The molecule has 0 aliphatic rings. The van der Waals surface area contributed by atoms with Gasteiger partial charge >= 0.3 is 0 Å². The Labute approximate surface area is 165 Å². The molecule has 3 aromatic rings. The van der Waals surface area contributed by atoms with Crippen molar-refractivity contribution in [2.24, 2.45) is 0 Å². The van der Waals surface area contributed by atoms with Crippen molar-refractivity contribution < 1.29 is 9.59 Å². The van der Waals surface area contributed by atoms with E-state index in [-0.39, 0.29) is 18.4 Å². The Balaban J connectivity index is 1.64. The molecule has 0 aliphatic heterocycles. The Hall–Kier alpha value is -3.08. The first-order valence-corrected chi connectivity index (χ1v) is 9.54. The predicted octanol–water partition coefficient (Wildman–Crippen LogP) is 3.80. The number of nitrogens with zero attached hydrogens (tertiary/aromatic N) is 1. The van der Waals surface area contributed by atoms with Gasteiger partial charge in [-0.25, -0.2) is 0 Å². The topological polar surface area (TPSA) is 65.2 Å². The number of nitrogens with one attached hydrogen (secondary N) is 2. The molecule has 1 aromatic heterocycles. The molecule has 1 heterocycles. The summed E-state index contributed by atoms with van der Waals surface area (Å²) in [7, 11) is 0. The fourth-order valence-electron chi connectivity index (χ4n) is 3.82. The molecule has 0 atom stereocenters. The van der Waals surface area contributed by atoms with Crippen molar-refractivity contribution in [3.05, 3.63) is 64.8 Å². The first-order valence-electron chi connectivity index (χ1n) is 9.54. The van der Waals surface area contributed by atoms with E-state index in [0.29, 0.717) is 6.54 Å².